The van der Waals surface area contributed by atoms with Crippen LogP contribution in [0, 0.1) is 5.92 Å². The first-order chi connectivity index (χ1) is 9.35. The molecule has 1 saturated heterocycles. The van der Waals surface area contributed by atoms with Crippen LogP contribution in [0.1, 0.15) is 32.4 Å². The van der Waals surface area contributed by atoms with Gasteiger partial charge in [0.05, 0.1) is 13.2 Å². The summed E-state index contributed by atoms with van der Waals surface area (Å²) in [6.07, 6.45) is -0.999. The molecular weight excluding hydrogens is 280 g/mol. The largest absolute Gasteiger partial charge is 0.467 e. The molecule has 1 aliphatic rings. The van der Waals surface area contributed by atoms with Crippen LogP contribution in [-0.4, -0.2) is 25.0 Å². The van der Waals surface area contributed by atoms with Gasteiger partial charge in [0, 0.05) is 10.9 Å². The number of hydrogen-bond acceptors (Lipinski definition) is 4. The third kappa shape index (κ3) is 2.97. The topological polar surface area (TPSA) is 44.8 Å². The van der Waals surface area contributed by atoms with Crippen LogP contribution < -0.4 is 0 Å². The second-order valence-electron chi connectivity index (χ2n) is 5.38. The summed E-state index contributed by atoms with van der Waals surface area (Å²) < 4.78 is 16.5. The van der Waals surface area contributed by atoms with E-state index in [4.69, 9.17) is 25.8 Å². The average Bonchev–Trinajstić information content (AvgIpc) is 2.41. The molecule has 0 aliphatic carbocycles. The van der Waals surface area contributed by atoms with Gasteiger partial charge in [-0.05, 0) is 25.5 Å². The summed E-state index contributed by atoms with van der Waals surface area (Å²) in [6.45, 7) is 5.45. The van der Waals surface area contributed by atoms with Crippen molar-refractivity contribution < 1.29 is 19.0 Å². The van der Waals surface area contributed by atoms with Gasteiger partial charge < -0.3 is 14.2 Å². The summed E-state index contributed by atoms with van der Waals surface area (Å²) >= 11 is 6.24. The predicted molar refractivity (Wildman–Crippen MR) is 75.4 cm³/mol. The van der Waals surface area contributed by atoms with E-state index in [-0.39, 0.29) is 12.0 Å². The van der Waals surface area contributed by atoms with Crippen LogP contribution in [0.5, 0.6) is 0 Å². The van der Waals surface area contributed by atoms with Gasteiger partial charge in [0.1, 0.15) is 0 Å². The molecule has 0 bridgehead atoms. The summed E-state index contributed by atoms with van der Waals surface area (Å²) in [4.78, 5) is 11.9. The van der Waals surface area contributed by atoms with E-state index in [0.717, 1.165) is 5.56 Å². The summed E-state index contributed by atoms with van der Waals surface area (Å²) in [5, 5.41) is 0.616. The zero-order chi connectivity index (χ0) is 14.9. The van der Waals surface area contributed by atoms with Gasteiger partial charge in [0.15, 0.2) is 11.9 Å². The van der Waals surface area contributed by atoms with Crippen molar-refractivity contribution >= 4 is 17.6 Å². The van der Waals surface area contributed by atoms with Crippen molar-refractivity contribution in [2.75, 3.05) is 7.11 Å². The maximum absolute atomic E-state index is 11.9. The average molecular weight is 299 g/mol. The molecule has 0 radical (unpaired) electrons. The highest BCUT2D eigenvalue weighted by molar-refractivity contribution is 6.31. The molecule has 1 aromatic carbocycles. The Kier molecular flexibility index (Phi) is 4.37. The molecule has 0 unspecified atom stereocenters. The van der Waals surface area contributed by atoms with Crippen LogP contribution in [0.25, 0.3) is 0 Å². The number of hydrogen-bond donors (Lipinski definition) is 0. The molecule has 5 heteroatoms. The Balaban J connectivity index is 2.37. The molecule has 1 aromatic rings. The van der Waals surface area contributed by atoms with E-state index in [1.165, 1.54) is 7.11 Å². The highest BCUT2D eigenvalue weighted by Gasteiger charge is 2.45. The molecule has 4 nitrogen and oxygen atoms in total. The van der Waals surface area contributed by atoms with E-state index in [2.05, 4.69) is 0 Å². The Bertz CT molecular complexity index is 500. The predicted octanol–water partition coefficient (Wildman–Crippen LogP) is 3.34. The lowest BCUT2D eigenvalue weighted by Crippen LogP contribution is -2.50. The number of benzene rings is 1. The van der Waals surface area contributed by atoms with Crippen molar-refractivity contribution in [2.24, 2.45) is 5.92 Å². The van der Waals surface area contributed by atoms with Crippen molar-refractivity contribution in [3.05, 3.63) is 34.9 Å². The number of methoxy groups -OCH3 is 1. The third-order valence-electron chi connectivity index (χ3n) is 3.42. The van der Waals surface area contributed by atoms with Crippen LogP contribution >= 0.6 is 11.6 Å². The second kappa shape index (κ2) is 5.72. The fraction of sp³-hybridized carbons (Fsp3) is 0.533. The van der Waals surface area contributed by atoms with Gasteiger partial charge in [-0.15, -0.1) is 0 Å². The summed E-state index contributed by atoms with van der Waals surface area (Å²) in [5.41, 5.74) is 0.854. The van der Waals surface area contributed by atoms with Crippen molar-refractivity contribution in [1.82, 2.24) is 0 Å². The second-order valence-corrected chi connectivity index (χ2v) is 5.79. The van der Waals surface area contributed by atoms with Gasteiger partial charge in [0.2, 0.25) is 0 Å². The van der Waals surface area contributed by atoms with E-state index in [1.54, 1.807) is 13.8 Å². The van der Waals surface area contributed by atoms with Crippen molar-refractivity contribution in [3.8, 4) is 0 Å². The van der Waals surface area contributed by atoms with E-state index < -0.39 is 17.9 Å². The number of ether oxygens (including phenoxy) is 3. The first kappa shape index (κ1) is 15.3. The molecule has 3 atom stereocenters. The first-order valence-electron chi connectivity index (χ1n) is 6.53. The lowest BCUT2D eigenvalue weighted by molar-refractivity contribution is -0.318. The summed E-state index contributed by atoms with van der Waals surface area (Å²) in [6, 6.07) is 7.47. The Morgan fingerprint density at radius 1 is 1.30 bits per heavy atom. The number of carbonyl (C=O) groups is 1. The Labute approximate surface area is 124 Å². The number of halogens is 1. The van der Waals surface area contributed by atoms with Gasteiger partial charge in [-0.3, -0.25) is 0 Å². The summed E-state index contributed by atoms with van der Waals surface area (Å²) in [7, 11) is 1.35. The maximum atomic E-state index is 11.9. The molecule has 0 saturated carbocycles. The number of esters is 1. The standard InChI is InChI=1S/C15H19ClO4/c1-9-12(10-7-5-6-8-11(10)16)19-15(2,3)20-13(9)14(17)18-4/h5-9,12-13H,1-4H3/t9-,12+,13-/m0/s1. The fourth-order valence-electron chi connectivity index (χ4n) is 2.44. The van der Waals surface area contributed by atoms with E-state index in [9.17, 15) is 4.79 Å². The van der Waals surface area contributed by atoms with Gasteiger partial charge in [-0.2, -0.15) is 0 Å². The number of carbonyl (C=O) groups excluding carboxylic acids is 1. The molecular formula is C15H19ClO4. The van der Waals surface area contributed by atoms with E-state index >= 15 is 0 Å². The zero-order valence-electron chi connectivity index (χ0n) is 12.1. The maximum Gasteiger partial charge on any atom is 0.335 e. The Morgan fingerprint density at radius 3 is 2.55 bits per heavy atom. The number of rotatable bonds is 2. The van der Waals surface area contributed by atoms with Crippen LogP contribution in [-0.2, 0) is 19.0 Å². The molecule has 0 N–H and O–H groups in total. The molecule has 20 heavy (non-hydrogen) atoms. The van der Waals surface area contributed by atoms with Crippen LogP contribution in [0.15, 0.2) is 24.3 Å². The smallest absolute Gasteiger partial charge is 0.335 e. The lowest BCUT2D eigenvalue weighted by Gasteiger charge is -2.44. The fourth-order valence-corrected chi connectivity index (χ4v) is 2.69. The monoisotopic (exact) mass is 298 g/mol. The van der Waals surface area contributed by atoms with Crippen molar-refractivity contribution in [3.63, 3.8) is 0 Å². The van der Waals surface area contributed by atoms with Gasteiger partial charge in [-0.1, -0.05) is 36.7 Å². The molecule has 2 rings (SSSR count). The van der Waals surface area contributed by atoms with Crippen molar-refractivity contribution in [2.45, 2.75) is 38.8 Å². The Hall–Kier alpha value is -1.10. The highest BCUT2D eigenvalue weighted by atomic mass is 35.5. The minimum Gasteiger partial charge on any atom is -0.467 e. The molecule has 0 spiro atoms. The van der Waals surface area contributed by atoms with Crippen LogP contribution in [0.3, 0.4) is 0 Å². The van der Waals surface area contributed by atoms with Crippen LogP contribution in [0.2, 0.25) is 5.02 Å². The molecule has 0 amide bonds. The normalized spacial score (nSPS) is 28.9. The Morgan fingerprint density at radius 2 is 1.95 bits per heavy atom. The highest BCUT2D eigenvalue weighted by Crippen LogP contribution is 2.42. The minimum absolute atomic E-state index is 0.199. The molecule has 1 heterocycles. The molecule has 1 fully saturated rings. The SMILES string of the molecule is COC(=O)[C@H]1OC(C)(C)O[C@@H](c2ccccc2Cl)[C@@H]1C. The third-order valence-corrected chi connectivity index (χ3v) is 3.77. The van der Waals surface area contributed by atoms with Crippen LogP contribution in [0.4, 0.5) is 0 Å². The minimum atomic E-state index is -0.880. The van der Waals surface area contributed by atoms with Crippen molar-refractivity contribution in [1.29, 1.82) is 0 Å². The van der Waals surface area contributed by atoms with Gasteiger partial charge in [0.25, 0.3) is 0 Å². The zero-order valence-corrected chi connectivity index (χ0v) is 12.8. The van der Waals surface area contributed by atoms with Gasteiger partial charge >= 0.3 is 5.97 Å². The quantitative estimate of drug-likeness (QED) is 0.786. The molecule has 0 aromatic heterocycles. The first-order valence-corrected chi connectivity index (χ1v) is 6.91. The van der Waals surface area contributed by atoms with Gasteiger partial charge in [-0.25, -0.2) is 4.79 Å². The van der Waals surface area contributed by atoms with E-state index in [1.807, 2.05) is 31.2 Å². The van der Waals surface area contributed by atoms with E-state index in [0.29, 0.717) is 5.02 Å². The molecule has 110 valence electrons. The lowest BCUT2D eigenvalue weighted by atomic mass is 9.90. The summed E-state index contributed by atoms with van der Waals surface area (Å²) in [5.74, 6) is -1.48. The molecule has 1 aliphatic heterocycles.